The van der Waals surface area contributed by atoms with Crippen molar-refractivity contribution in [1.82, 2.24) is 0 Å². The topological polar surface area (TPSA) is 17.1 Å². The first kappa shape index (κ1) is 10.2. The minimum absolute atomic E-state index is 0.158. The minimum Gasteiger partial charge on any atom is -0.294 e. The fraction of sp³-hybridized carbons (Fsp3) is 0.222. The van der Waals surface area contributed by atoms with Crippen molar-refractivity contribution in [3.8, 4) is 0 Å². The summed E-state index contributed by atoms with van der Waals surface area (Å²) < 4.78 is 26.1. The molecule has 0 aliphatic carbocycles. The molecule has 0 radical (unpaired) electrons. The van der Waals surface area contributed by atoms with Crippen LogP contribution in [0.5, 0.6) is 0 Å². The van der Waals surface area contributed by atoms with Crippen LogP contribution in [0.1, 0.15) is 17.3 Å². The first-order valence-electron chi connectivity index (χ1n) is 3.60. The molecule has 0 atom stereocenters. The largest absolute Gasteiger partial charge is 0.294 e. The Morgan fingerprint density at radius 2 is 2.00 bits per heavy atom. The molecule has 0 fully saturated rings. The number of hydrogen-bond donors (Lipinski definition) is 0. The summed E-state index contributed by atoms with van der Waals surface area (Å²) in [5.41, 5.74) is -0.190. The summed E-state index contributed by atoms with van der Waals surface area (Å²) in [6.07, 6.45) is 1.63. The predicted molar refractivity (Wildman–Crippen MR) is 48.1 cm³/mol. The highest BCUT2D eigenvalue weighted by Crippen LogP contribution is 2.23. The lowest BCUT2D eigenvalue weighted by molar-refractivity contribution is 0.101. The predicted octanol–water partition coefficient (Wildman–Crippen LogP) is 2.89. The van der Waals surface area contributed by atoms with Crippen LogP contribution >= 0.6 is 11.8 Å². The van der Waals surface area contributed by atoms with Crippen LogP contribution in [0.4, 0.5) is 8.78 Å². The Labute approximate surface area is 79.1 Å². The molecule has 0 saturated heterocycles. The fourth-order valence-electron chi connectivity index (χ4n) is 0.969. The van der Waals surface area contributed by atoms with Gasteiger partial charge in [-0.3, -0.25) is 4.79 Å². The molecule has 0 spiro atoms. The van der Waals surface area contributed by atoms with Crippen molar-refractivity contribution in [2.45, 2.75) is 11.8 Å². The minimum atomic E-state index is -0.638. The lowest BCUT2D eigenvalue weighted by Crippen LogP contribution is -1.99. The highest BCUT2D eigenvalue weighted by molar-refractivity contribution is 7.98. The van der Waals surface area contributed by atoms with E-state index in [2.05, 4.69) is 0 Å². The lowest BCUT2D eigenvalue weighted by Gasteiger charge is -2.03. The van der Waals surface area contributed by atoms with Crippen molar-refractivity contribution in [1.29, 1.82) is 0 Å². The summed E-state index contributed by atoms with van der Waals surface area (Å²) in [6, 6.07) is 1.99. The number of thioether (sulfide) groups is 1. The molecule has 1 aromatic carbocycles. The first-order chi connectivity index (χ1) is 6.06. The Morgan fingerprint density at radius 1 is 1.38 bits per heavy atom. The van der Waals surface area contributed by atoms with Crippen LogP contribution in [-0.4, -0.2) is 12.0 Å². The number of ketones is 1. The molecule has 0 heterocycles. The van der Waals surface area contributed by atoms with E-state index in [-0.39, 0.29) is 10.5 Å². The molecule has 0 saturated carbocycles. The van der Waals surface area contributed by atoms with Gasteiger partial charge in [0.2, 0.25) is 0 Å². The van der Waals surface area contributed by atoms with Gasteiger partial charge in [0.25, 0.3) is 0 Å². The number of carbonyl (C=O) groups is 1. The van der Waals surface area contributed by atoms with Gasteiger partial charge in [-0.1, -0.05) is 0 Å². The molecule has 0 amide bonds. The molecule has 70 valence electrons. The quantitative estimate of drug-likeness (QED) is 0.541. The number of rotatable bonds is 2. The Balaban J connectivity index is 3.35. The number of carbonyl (C=O) groups excluding carboxylic acids is 1. The van der Waals surface area contributed by atoms with Crippen molar-refractivity contribution in [3.63, 3.8) is 0 Å². The molecular formula is C9H8F2OS. The van der Waals surface area contributed by atoms with Crippen LogP contribution in [0.25, 0.3) is 0 Å². The Hall–Kier alpha value is -0.900. The zero-order chi connectivity index (χ0) is 10.0. The van der Waals surface area contributed by atoms with E-state index in [1.54, 1.807) is 6.26 Å². The van der Waals surface area contributed by atoms with Gasteiger partial charge in [0.15, 0.2) is 5.78 Å². The third kappa shape index (κ3) is 2.06. The van der Waals surface area contributed by atoms with E-state index in [9.17, 15) is 13.6 Å². The van der Waals surface area contributed by atoms with Crippen LogP contribution in [0, 0.1) is 11.6 Å². The van der Waals surface area contributed by atoms with Crippen LogP contribution in [-0.2, 0) is 0 Å². The zero-order valence-electron chi connectivity index (χ0n) is 7.23. The van der Waals surface area contributed by atoms with Crippen LogP contribution in [0.2, 0.25) is 0 Å². The van der Waals surface area contributed by atoms with Gasteiger partial charge >= 0.3 is 0 Å². The Morgan fingerprint density at radius 3 is 2.46 bits per heavy atom. The van der Waals surface area contributed by atoms with E-state index < -0.39 is 17.4 Å². The van der Waals surface area contributed by atoms with Gasteiger partial charge in [-0.05, 0) is 25.3 Å². The number of benzene rings is 1. The maximum Gasteiger partial charge on any atom is 0.162 e. The zero-order valence-corrected chi connectivity index (χ0v) is 8.04. The fourth-order valence-corrected chi connectivity index (χ4v) is 1.49. The molecule has 0 bridgehead atoms. The third-order valence-corrected chi connectivity index (χ3v) is 2.34. The molecule has 0 aliphatic rings. The summed E-state index contributed by atoms with van der Waals surface area (Å²) in [6.45, 7) is 1.21. The molecule has 1 nitrogen and oxygen atoms in total. The normalized spacial score (nSPS) is 10.2. The van der Waals surface area contributed by atoms with Gasteiger partial charge in [0.1, 0.15) is 11.6 Å². The molecule has 0 aliphatic heterocycles. The highest BCUT2D eigenvalue weighted by atomic mass is 32.2. The van der Waals surface area contributed by atoms with E-state index in [0.717, 1.165) is 23.9 Å². The Bertz CT molecular complexity index is 350. The highest BCUT2D eigenvalue weighted by Gasteiger charge is 2.13. The number of Topliss-reactive ketones (excluding diaryl/α,β-unsaturated/α-hetero) is 1. The second-order valence-corrected chi connectivity index (χ2v) is 3.37. The monoisotopic (exact) mass is 202 g/mol. The molecule has 1 aromatic rings. The second kappa shape index (κ2) is 3.87. The van der Waals surface area contributed by atoms with Crippen LogP contribution in [0.15, 0.2) is 17.0 Å². The Kier molecular flexibility index (Phi) is 3.03. The van der Waals surface area contributed by atoms with Gasteiger partial charge in [0.05, 0.1) is 5.56 Å². The molecular weight excluding hydrogens is 194 g/mol. The van der Waals surface area contributed by atoms with Crippen molar-refractivity contribution in [2.24, 2.45) is 0 Å². The van der Waals surface area contributed by atoms with Crippen LogP contribution in [0.3, 0.4) is 0 Å². The van der Waals surface area contributed by atoms with E-state index in [1.165, 1.54) is 6.92 Å². The average molecular weight is 202 g/mol. The third-order valence-electron chi connectivity index (χ3n) is 1.60. The van der Waals surface area contributed by atoms with E-state index in [4.69, 9.17) is 0 Å². The number of hydrogen-bond acceptors (Lipinski definition) is 2. The lowest BCUT2D eigenvalue weighted by atomic mass is 10.1. The van der Waals surface area contributed by atoms with Crippen molar-refractivity contribution < 1.29 is 13.6 Å². The summed E-state index contributed by atoms with van der Waals surface area (Å²) in [4.78, 5) is 11.0. The van der Waals surface area contributed by atoms with Crippen LogP contribution < -0.4 is 0 Å². The van der Waals surface area contributed by atoms with E-state index in [0.29, 0.717) is 0 Å². The summed E-state index contributed by atoms with van der Waals surface area (Å²) in [5, 5.41) is 0. The summed E-state index contributed by atoms with van der Waals surface area (Å²) >= 11 is 1.07. The van der Waals surface area contributed by atoms with Gasteiger partial charge < -0.3 is 0 Å². The SMILES string of the molecule is CSc1cc(F)cc(C(C)=O)c1F. The van der Waals surface area contributed by atoms with Crippen molar-refractivity contribution >= 4 is 17.5 Å². The van der Waals surface area contributed by atoms with Crippen molar-refractivity contribution in [2.75, 3.05) is 6.26 Å². The molecule has 1 rings (SSSR count). The van der Waals surface area contributed by atoms with Gasteiger partial charge in [0, 0.05) is 4.90 Å². The average Bonchev–Trinajstić information content (AvgIpc) is 2.08. The summed E-state index contributed by atoms with van der Waals surface area (Å²) in [7, 11) is 0. The second-order valence-electron chi connectivity index (χ2n) is 2.53. The molecule has 0 aromatic heterocycles. The van der Waals surface area contributed by atoms with E-state index in [1.807, 2.05) is 0 Å². The van der Waals surface area contributed by atoms with Gasteiger partial charge in [-0.25, -0.2) is 8.78 Å². The first-order valence-corrected chi connectivity index (χ1v) is 4.82. The van der Waals surface area contributed by atoms with Gasteiger partial charge in [-0.2, -0.15) is 0 Å². The smallest absolute Gasteiger partial charge is 0.162 e. The molecule has 0 unspecified atom stereocenters. The van der Waals surface area contributed by atoms with E-state index >= 15 is 0 Å². The van der Waals surface area contributed by atoms with Gasteiger partial charge in [-0.15, -0.1) is 11.8 Å². The molecule has 4 heteroatoms. The number of halogens is 2. The maximum atomic E-state index is 13.3. The standard InChI is InChI=1S/C9H8F2OS/c1-5(12)7-3-6(10)4-8(13-2)9(7)11/h3-4H,1-2H3. The summed E-state index contributed by atoms with van der Waals surface area (Å²) in [5.74, 6) is -1.69. The molecule has 13 heavy (non-hydrogen) atoms. The molecule has 0 N–H and O–H groups in total. The van der Waals surface area contributed by atoms with Crippen molar-refractivity contribution in [3.05, 3.63) is 29.3 Å². The maximum absolute atomic E-state index is 13.3.